The van der Waals surface area contributed by atoms with Crippen molar-refractivity contribution in [3.8, 4) is 5.75 Å². The van der Waals surface area contributed by atoms with Crippen molar-refractivity contribution in [3.63, 3.8) is 0 Å². The molecule has 5 nitrogen and oxygen atoms in total. The first kappa shape index (κ1) is 17.3. The standard InChI is InChI=1S/C20H26N4O/c1-16-7-6-8-17(23-16)15-22-20(21-2)24-13-11-19(12-14-24)25-18-9-4-3-5-10-18/h3-10,19H,11-15H2,1-2H3,(H,21,22). The third-order valence-electron chi connectivity index (χ3n) is 4.37. The third-order valence-corrected chi connectivity index (χ3v) is 4.37. The minimum Gasteiger partial charge on any atom is -0.490 e. The highest BCUT2D eigenvalue weighted by Crippen LogP contribution is 2.18. The fraction of sp³-hybridized carbons (Fsp3) is 0.400. The molecule has 25 heavy (non-hydrogen) atoms. The lowest BCUT2D eigenvalue weighted by Crippen LogP contribution is -2.47. The average Bonchev–Trinajstić information content (AvgIpc) is 2.64. The second-order valence-corrected chi connectivity index (χ2v) is 6.29. The molecule has 0 unspecified atom stereocenters. The van der Waals surface area contributed by atoms with E-state index in [9.17, 15) is 0 Å². The number of aryl methyl sites for hydroxylation is 1. The molecule has 1 fully saturated rings. The summed E-state index contributed by atoms with van der Waals surface area (Å²) in [5.41, 5.74) is 2.07. The maximum absolute atomic E-state index is 6.06. The number of para-hydroxylation sites is 1. The number of benzene rings is 1. The number of hydrogen-bond donors (Lipinski definition) is 1. The van der Waals surface area contributed by atoms with Crippen molar-refractivity contribution in [2.75, 3.05) is 20.1 Å². The van der Waals surface area contributed by atoms with E-state index in [4.69, 9.17) is 4.74 Å². The lowest BCUT2D eigenvalue weighted by molar-refractivity contribution is 0.129. The number of aliphatic imine (C=N–C) groups is 1. The van der Waals surface area contributed by atoms with Crippen LogP contribution in [0.25, 0.3) is 0 Å². The first-order valence-corrected chi connectivity index (χ1v) is 8.84. The van der Waals surface area contributed by atoms with E-state index >= 15 is 0 Å². The van der Waals surface area contributed by atoms with E-state index in [1.807, 2.05) is 62.5 Å². The summed E-state index contributed by atoms with van der Waals surface area (Å²) in [6.45, 7) is 4.58. The Kier molecular flexibility index (Phi) is 5.88. The van der Waals surface area contributed by atoms with Gasteiger partial charge in [0.2, 0.25) is 0 Å². The largest absolute Gasteiger partial charge is 0.490 e. The highest BCUT2D eigenvalue weighted by molar-refractivity contribution is 5.79. The van der Waals surface area contributed by atoms with Gasteiger partial charge in [-0.1, -0.05) is 24.3 Å². The fourth-order valence-electron chi connectivity index (χ4n) is 3.08. The maximum atomic E-state index is 6.06. The van der Waals surface area contributed by atoms with Gasteiger partial charge in [-0.2, -0.15) is 0 Å². The molecule has 0 amide bonds. The van der Waals surface area contributed by atoms with Crippen molar-refractivity contribution in [1.82, 2.24) is 15.2 Å². The molecule has 0 atom stereocenters. The average molecular weight is 338 g/mol. The molecule has 2 aromatic rings. The lowest BCUT2D eigenvalue weighted by Gasteiger charge is -2.34. The van der Waals surface area contributed by atoms with Gasteiger partial charge in [-0.3, -0.25) is 9.98 Å². The van der Waals surface area contributed by atoms with Crippen LogP contribution < -0.4 is 10.1 Å². The van der Waals surface area contributed by atoms with E-state index in [1.54, 1.807) is 0 Å². The number of guanidine groups is 1. The molecule has 5 heteroatoms. The second kappa shape index (κ2) is 8.51. The first-order valence-electron chi connectivity index (χ1n) is 8.84. The SMILES string of the molecule is CN=C(NCc1cccc(C)n1)N1CCC(Oc2ccccc2)CC1. The zero-order valence-electron chi connectivity index (χ0n) is 15.0. The minimum absolute atomic E-state index is 0.273. The molecule has 0 radical (unpaired) electrons. The Bertz CT molecular complexity index is 694. The Morgan fingerprint density at radius 1 is 1.16 bits per heavy atom. The van der Waals surface area contributed by atoms with Gasteiger partial charge >= 0.3 is 0 Å². The Labute approximate surface area is 149 Å². The van der Waals surface area contributed by atoms with Crippen LogP contribution in [-0.4, -0.2) is 42.1 Å². The normalized spacial score (nSPS) is 15.9. The lowest BCUT2D eigenvalue weighted by atomic mass is 10.1. The van der Waals surface area contributed by atoms with Crippen LogP contribution in [0, 0.1) is 6.92 Å². The van der Waals surface area contributed by atoms with Crippen LogP contribution in [0.15, 0.2) is 53.5 Å². The summed E-state index contributed by atoms with van der Waals surface area (Å²) >= 11 is 0. The van der Waals surface area contributed by atoms with Gasteiger partial charge in [-0.15, -0.1) is 0 Å². The monoisotopic (exact) mass is 338 g/mol. The molecule has 3 rings (SSSR count). The van der Waals surface area contributed by atoms with E-state index in [0.717, 1.165) is 49.0 Å². The van der Waals surface area contributed by atoms with E-state index in [1.165, 1.54) is 0 Å². The van der Waals surface area contributed by atoms with Crippen LogP contribution in [0.3, 0.4) is 0 Å². The fourth-order valence-corrected chi connectivity index (χ4v) is 3.08. The van der Waals surface area contributed by atoms with Crippen LogP contribution in [0.2, 0.25) is 0 Å². The molecule has 0 aliphatic carbocycles. The predicted molar refractivity (Wildman–Crippen MR) is 101 cm³/mol. The predicted octanol–water partition coefficient (Wildman–Crippen LogP) is 3.01. The molecule has 1 aliphatic rings. The minimum atomic E-state index is 0.273. The van der Waals surface area contributed by atoms with Gasteiger partial charge in [0.1, 0.15) is 11.9 Å². The number of piperidine rings is 1. The molecular weight excluding hydrogens is 312 g/mol. The summed E-state index contributed by atoms with van der Waals surface area (Å²) < 4.78 is 6.06. The topological polar surface area (TPSA) is 49.8 Å². The van der Waals surface area contributed by atoms with Gasteiger partial charge in [0.15, 0.2) is 5.96 Å². The summed E-state index contributed by atoms with van der Waals surface area (Å²) in [5.74, 6) is 1.88. The van der Waals surface area contributed by atoms with Gasteiger partial charge in [0, 0.05) is 38.7 Å². The van der Waals surface area contributed by atoms with E-state index in [0.29, 0.717) is 6.54 Å². The van der Waals surface area contributed by atoms with Gasteiger partial charge in [-0.25, -0.2) is 0 Å². The molecule has 1 aromatic heterocycles. The van der Waals surface area contributed by atoms with Gasteiger partial charge in [-0.05, 0) is 31.2 Å². The Hall–Kier alpha value is -2.56. The molecule has 1 aliphatic heterocycles. The number of rotatable bonds is 4. The van der Waals surface area contributed by atoms with Crippen LogP contribution >= 0.6 is 0 Å². The highest BCUT2D eigenvalue weighted by Gasteiger charge is 2.22. The number of ether oxygens (including phenoxy) is 1. The van der Waals surface area contributed by atoms with Crippen LogP contribution in [0.5, 0.6) is 5.75 Å². The zero-order chi connectivity index (χ0) is 17.5. The maximum Gasteiger partial charge on any atom is 0.193 e. The third kappa shape index (κ3) is 4.95. The Morgan fingerprint density at radius 2 is 1.92 bits per heavy atom. The van der Waals surface area contributed by atoms with Crippen LogP contribution in [0.1, 0.15) is 24.2 Å². The smallest absolute Gasteiger partial charge is 0.193 e. The van der Waals surface area contributed by atoms with E-state index in [2.05, 4.69) is 20.2 Å². The Morgan fingerprint density at radius 3 is 2.60 bits per heavy atom. The molecular formula is C20H26N4O. The van der Waals surface area contributed by atoms with Crippen molar-refractivity contribution in [2.24, 2.45) is 4.99 Å². The summed E-state index contributed by atoms with van der Waals surface area (Å²) in [5, 5.41) is 3.42. The van der Waals surface area contributed by atoms with Crippen LogP contribution in [-0.2, 0) is 6.54 Å². The summed E-state index contributed by atoms with van der Waals surface area (Å²) in [6, 6.07) is 16.1. The van der Waals surface area contributed by atoms with E-state index < -0.39 is 0 Å². The van der Waals surface area contributed by atoms with Crippen LogP contribution in [0.4, 0.5) is 0 Å². The number of hydrogen-bond acceptors (Lipinski definition) is 3. The summed E-state index contributed by atoms with van der Waals surface area (Å²) in [7, 11) is 1.83. The first-order chi connectivity index (χ1) is 12.2. The number of aromatic nitrogens is 1. The molecule has 132 valence electrons. The Balaban J connectivity index is 1.49. The van der Waals surface area contributed by atoms with E-state index in [-0.39, 0.29) is 6.10 Å². The summed E-state index contributed by atoms with van der Waals surface area (Å²) in [6.07, 6.45) is 2.27. The number of likely N-dealkylation sites (tertiary alicyclic amines) is 1. The van der Waals surface area contributed by atoms with Crippen molar-refractivity contribution < 1.29 is 4.74 Å². The molecule has 0 saturated carbocycles. The number of pyridine rings is 1. The molecule has 1 aromatic carbocycles. The molecule has 2 heterocycles. The van der Waals surface area contributed by atoms with Gasteiger partial charge in [0.25, 0.3) is 0 Å². The van der Waals surface area contributed by atoms with Gasteiger partial charge in [0.05, 0.1) is 12.2 Å². The van der Waals surface area contributed by atoms with Crippen molar-refractivity contribution >= 4 is 5.96 Å². The zero-order valence-corrected chi connectivity index (χ0v) is 15.0. The van der Waals surface area contributed by atoms with Crippen molar-refractivity contribution in [3.05, 3.63) is 59.9 Å². The molecule has 1 saturated heterocycles. The highest BCUT2D eigenvalue weighted by atomic mass is 16.5. The van der Waals surface area contributed by atoms with Crippen molar-refractivity contribution in [2.45, 2.75) is 32.4 Å². The molecule has 0 bridgehead atoms. The number of nitrogens with zero attached hydrogens (tertiary/aromatic N) is 3. The molecule has 1 N–H and O–H groups in total. The van der Waals surface area contributed by atoms with Crippen molar-refractivity contribution in [1.29, 1.82) is 0 Å². The quantitative estimate of drug-likeness (QED) is 0.688. The van der Waals surface area contributed by atoms with Gasteiger partial charge < -0.3 is 15.0 Å². The second-order valence-electron chi connectivity index (χ2n) is 6.29. The summed E-state index contributed by atoms with van der Waals surface area (Å²) in [4.78, 5) is 11.2. The number of nitrogens with one attached hydrogen (secondary N) is 1. The molecule has 0 spiro atoms.